The van der Waals surface area contributed by atoms with Gasteiger partial charge in [-0.2, -0.15) is 0 Å². The Labute approximate surface area is 152 Å². The van der Waals surface area contributed by atoms with Crippen molar-refractivity contribution < 1.29 is 0 Å². The lowest BCUT2D eigenvalue weighted by Crippen LogP contribution is -2.34. The van der Waals surface area contributed by atoms with E-state index in [0.717, 1.165) is 35.7 Å². The van der Waals surface area contributed by atoms with E-state index in [1.54, 1.807) is 0 Å². The number of hydrogen-bond acceptors (Lipinski definition) is 4. The zero-order valence-corrected chi connectivity index (χ0v) is 15.1. The van der Waals surface area contributed by atoms with Crippen LogP contribution in [0.1, 0.15) is 20.3 Å². The van der Waals surface area contributed by atoms with Crippen molar-refractivity contribution in [2.24, 2.45) is 5.73 Å². The molecule has 5 heteroatoms. The maximum atomic E-state index is 6.04. The predicted molar refractivity (Wildman–Crippen MR) is 107 cm³/mol. The molecule has 0 aliphatic rings. The normalized spacial score (nSPS) is 12.0. The summed E-state index contributed by atoms with van der Waals surface area (Å²) < 4.78 is 1.89. The zero-order chi connectivity index (χ0) is 18.1. The number of imidazole rings is 1. The van der Waals surface area contributed by atoms with Crippen molar-refractivity contribution in [1.82, 2.24) is 14.6 Å². The van der Waals surface area contributed by atoms with Gasteiger partial charge < -0.3 is 11.1 Å². The minimum atomic E-state index is -0.192. The van der Waals surface area contributed by atoms with E-state index in [0.29, 0.717) is 0 Å². The molecule has 0 fully saturated rings. The average molecular weight is 345 g/mol. The van der Waals surface area contributed by atoms with Crippen molar-refractivity contribution >= 4 is 22.2 Å². The average Bonchev–Trinajstić information content (AvgIpc) is 3.03. The summed E-state index contributed by atoms with van der Waals surface area (Å²) in [6, 6.07) is 18.7. The van der Waals surface area contributed by atoms with E-state index in [1.807, 2.05) is 36.7 Å². The lowest BCUT2D eigenvalue weighted by Gasteiger charge is -2.18. The monoisotopic (exact) mass is 345 g/mol. The molecule has 26 heavy (non-hydrogen) atoms. The van der Waals surface area contributed by atoms with Crippen molar-refractivity contribution in [3.05, 3.63) is 60.8 Å². The van der Waals surface area contributed by atoms with E-state index < -0.39 is 0 Å². The van der Waals surface area contributed by atoms with Gasteiger partial charge >= 0.3 is 0 Å². The van der Waals surface area contributed by atoms with Gasteiger partial charge in [-0.15, -0.1) is 5.10 Å². The van der Waals surface area contributed by atoms with Crippen molar-refractivity contribution in [2.75, 3.05) is 11.9 Å². The fourth-order valence-corrected chi connectivity index (χ4v) is 3.03. The first kappa shape index (κ1) is 16.5. The highest BCUT2D eigenvalue weighted by Gasteiger charge is 2.11. The quantitative estimate of drug-likeness (QED) is 0.572. The lowest BCUT2D eigenvalue weighted by atomic mass is 10.0. The van der Waals surface area contributed by atoms with Gasteiger partial charge in [0, 0.05) is 17.6 Å². The minimum absolute atomic E-state index is 0.192. The summed E-state index contributed by atoms with van der Waals surface area (Å²) in [4.78, 5) is 4.49. The highest BCUT2D eigenvalue weighted by Crippen LogP contribution is 2.25. The SMILES string of the molecule is CC(C)(N)CCNc1ccc2ncc(-c3ccc4ccccc4c3)n2n1. The lowest BCUT2D eigenvalue weighted by molar-refractivity contribution is 0.490. The molecule has 0 bridgehead atoms. The molecular formula is C21H23N5. The summed E-state index contributed by atoms with van der Waals surface area (Å²) in [6.45, 7) is 4.83. The van der Waals surface area contributed by atoms with Crippen LogP contribution in [-0.4, -0.2) is 26.7 Å². The number of nitrogens with two attached hydrogens (primary N) is 1. The molecule has 0 amide bonds. The van der Waals surface area contributed by atoms with Gasteiger partial charge in [0.15, 0.2) is 5.65 Å². The summed E-state index contributed by atoms with van der Waals surface area (Å²) in [5, 5.41) is 10.5. The smallest absolute Gasteiger partial charge is 0.154 e. The number of hydrogen-bond donors (Lipinski definition) is 2. The molecule has 0 aliphatic carbocycles. The topological polar surface area (TPSA) is 68.2 Å². The van der Waals surface area contributed by atoms with Crippen LogP contribution in [0, 0.1) is 0 Å². The maximum Gasteiger partial charge on any atom is 0.154 e. The summed E-state index contributed by atoms with van der Waals surface area (Å²) >= 11 is 0. The van der Waals surface area contributed by atoms with Gasteiger partial charge in [-0.25, -0.2) is 9.50 Å². The highest BCUT2D eigenvalue weighted by molar-refractivity contribution is 5.87. The number of nitrogens with zero attached hydrogens (tertiary/aromatic N) is 3. The molecule has 3 N–H and O–H groups in total. The molecule has 0 aliphatic heterocycles. The molecule has 2 heterocycles. The van der Waals surface area contributed by atoms with Gasteiger partial charge in [0.1, 0.15) is 5.82 Å². The number of benzene rings is 2. The first-order chi connectivity index (χ1) is 12.5. The van der Waals surface area contributed by atoms with E-state index in [9.17, 15) is 0 Å². The van der Waals surface area contributed by atoms with Crippen molar-refractivity contribution in [3.63, 3.8) is 0 Å². The number of rotatable bonds is 5. The Morgan fingerprint density at radius 3 is 2.65 bits per heavy atom. The van der Waals surface area contributed by atoms with Crippen LogP contribution in [0.5, 0.6) is 0 Å². The van der Waals surface area contributed by atoms with Crippen molar-refractivity contribution in [3.8, 4) is 11.3 Å². The second-order valence-corrected chi connectivity index (χ2v) is 7.36. The van der Waals surface area contributed by atoms with E-state index in [1.165, 1.54) is 10.8 Å². The van der Waals surface area contributed by atoms with Crippen LogP contribution in [-0.2, 0) is 0 Å². The molecule has 132 valence electrons. The second kappa shape index (κ2) is 6.42. The standard InChI is InChI=1S/C21H23N5/c1-21(2,22)11-12-23-19-9-10-20-24-14-18(26(20)25-19)17-8-7-15-5-3-4-6-16(15)13-17/h3-10,13-14H,11-12,22H2,1-2H3,(H,23,25). The number of fused-ring (bicyclic) bond motifs is 2. The van der Waals surface area contributed by atoms with Crippen LogP contribution in [0.4, 0.5) is 5.82 Å². The van der Waals surface area contributed by atoms with E-state index >= 15 is 0 Å². The third-order valence-corrected chi connectivity index (χ3v) is 4.48. The first-order valence-electron chi connectivity index (χ1n) is 8.86. The number of aromatic nitrogens is 3. The van der Waals surface area contributed by atoms with E-state index in [-0.39, 0.29) is 5.54 Å². The van der Waals surface area contributed by atoms with Crippen LogP contribution in [0.2, 0.25) is 0 Å². The Balaban J connectivity index is 1.67. The Hall–Kier alpha value is -2.92. The summed E-state index contributed by atoms with van der Waals surface area (Å²) in [5.41, 5.74) is 8.76. The summed E-state index contributed by atoms with van der Waals surface area (Å²) in [6.07, 6.45) is 2.74. The Kier molecular flexibility index (Phi) is 4.09. The van der Waals surface area contributed by atoms with E-state index in [2.05, 4.69) is 52.8 Å². The fourth-order valence-electron chi connectivity index (χ4n) is 3.03. The van der Waals surface area contributed by atoms with Crippen LogP contribution in [0.25, 0.3) is 27.7 Å². The number of anilines is 1. The van der Waals surface area contributed by atoms with Gasteiger partial charge in [-0.3, -0.25) is 0 Å². The van der Waals surface area contributed by atoms with Gasteiger partial charge in [0.25, 0.3) is 0 Å². The van der Waals surface area contributed by atoms with Gasteiger partial charge in [-0.1, -0.05) is 36.4 Å². The van der Waals surface area contributed by atoms with Gasteiger partial charge in [-0.05, 0) is 49.2 Å². The molecule has 5 nitrogen and oxygen atoms in total. The minimum Gasteiger partial charge on any atom is -0.369 e. The molecule has 0 spiro atoms. The van der Waals surface area contributed by atoms with Gasteiger partial charge in [0.2, 0.25) is 0 Å². The molecule has 0 saturated carbocycles. The first-order valence-corrected chi connectivity index (χ1v) is 8.86. The van der Waals surface area contributed by atoms with Gasteiger partial charge in [0.05, 0.1) is 11.9 Å². The second-order valence-electron chi connectivity index (χ2n) is 7.36. The van der Waals surface area contributed by atoms with Crippen LogP contribution >= 0.6 is 0 Å². The molecule has 0 saturated heterocycles. The third-order valence-electron chi connectivity index (χ3n) is 4.48. The molecule has 0 unspecified atom stereocenters. The molecule has 0 atom stereocenters. The molecular weight excluding hydrogens is 322 g/mol. The summed E-state index contributed by atoms with van der Waals surface area (Å²) in [7, 11) is 0. The van der Waals surface area contributed by atoms with E-state index in [4.69, 9.17) is 10.8 Å². The molecule has 4 aromatic rings. The molecule has 0 radical (unpaired) electrons. The Bertz CT molecular complexity index is 1060. The Morgan fingerprint density at radius 1 is 1.04 bits per heavy atom. The van der Waals surface area contributed by atoms with Crippen LogP contribution < -0.4 is 11.1 Å². The molecule has 2 aromatic heterocycles. The predicted octanol–water partition coefficient (Wildman–Crippen LogP) is 4.09. The summed E-state index contributed by atoms with van der Waals surface area (Å²) in [5.74, 6) is 0.821. The fraction of sp³-hybridized carbons (Fsp3) is 0.238. The van der Waals surface area contributed by atoms with Crippen LogP contribution in [0.15, 0.2) is 60.8 Å². The zero-order valence-electron chi connectivity index (χ0n) is 15.1. The highest BCUT2D eigenvalue weighted by atomic mass is 15.3. The molecule has 2 aromatic carbocycles. The maximum absolute atomic E-state index is 6.04. The van der Waals surface area contributed by atoms with Crippen LogP contribution in [0.3, 0.4) is 0 Å². The molecule has 4 rings (SSSR count). The van der Waals surface area contributed by atoms with Crippen molar-refractivity contribution in [1.29, 1.82) is 0 Å². The number of nitrogens with one attached hydrogen (secondary N) is 1. The third kappa shape index (κ3) is 3.39. The largest absolute Gasteiger partial charge is 0.369 e. The van der Waals surface area contributed by atoms with Crippen molar-refractivity contribution in [2.45, 2.75) is 25.8 Å². The Morgan fingerprint density at radius 2 is 1.85 bits per heavy atom.